The average molecular weight is 417 g/mol. The van der Waals surface area contributed by atoms with E-state index < -0.39 is 17.8 Å². The normalized spacial score (nSPS) is 38.8. The summed E-state index contributed by atoms with van der Waals surface area (Å²) in [7, 11) is 0. The van der Waals surface area contributed by atoms with Gasteiger partial charge < -0.3 is 15.3 Å². The quantitative estimate of drug-likeness (QED) is 0.520. The highest BCUT2D eigenvalue weighted by molar-refractivity contribution is 5.39. The van der Waals surface area contributed by atoms with E-state index >= 15 is 0 Å². The minimum Gasteiger partial charge on any atom is -0.390 e. The van der Waals surface area contributed by atoms with E-state index in [1.807, 2.05) is 13.8 Å². The highest BCUT2D eigenvalue weighted by Gasteiger charge is 2.50. The maximum absolute atomic E-state index is 10.4. The average Bonchev–Trinajstić information content (AvgIpc) is 3.01. The van der Waals surface area contributed by atoms with Crippen LogP contribution in [0.15, 0.2) is 35.5 Å². The van der Waals surface area contributed by atoms with Crippen molar-refractivity contribution >= 4 is 0 Å². The van der Waals surface area contributed by atoms with Gasteiger partial charge in [0.25, 0.3) is 0 Å². The van der Waals surface area contributed by atoms with E-state index in [2.05, 4.69) is 32.6 Å². The monoisotopic (exact) mass is 416 g/mol. The van der Waals surface area contributed by atoms with Crippen molar-refractivity contribution in [1.29, 1.82) is 0 Å². The van der Waals surface area contributed by atoms with Crippen LogP contribution in [0.3, 0.4) is 0 Å². The standard InChI is InChI=1S/C27H44O3/c1-18-10-15-24(28)25(29)21(18)12-11-20-9-7-17-27(5)22(13-14-23(20)27)19(2)8-6-16-26(3,4)30/h11-12,19,22-25,28-30H,1,6-10,13-17H2,2-5H3/b20-11+,21-12-/t19-,22-,23+,24+,25-,27-/m1/s1. The Morgan fingerprint density at radius 2 is 1.90 bits per heavy atom. The topological polar surface area (TPSA) is 60.7 Å². The van der Waals surface area contributed by atoms with Crippen molar-refractivity contribution in [3.63, 3.8) is 0 Å². The molecule has 3 aliphatic carbocycles. The molecule has 0 amide bonds. The molecule has 0 radical (unpaired) electrons. The minimum atomic E-state index is -0.801. The smallest absolute Gasteiger partial charge is 0.105 e. The molecule has 3 nitrogen and oxygen atoms in total. The number of aliphatic hydroxyl groups excluding tert-OH is 2. The molecule has 3 aliphatic rings. The Kier molecular flexibility index (Phi) is 7.37. The fourth-order valence-electron chi connectivity index (χ4n) is 6.73. The van der Waals surface area contributed by atoms with E-state index in [-0.39, 0.29) is 0 Å². The molecule has 0 aliphatic heterocycles. The maximum atomic E-state index is 10.4. The number of aliphatic hydroxyl groups is 3. The third-order valence-electron chi connectivity index (χ3n) is 8.48. The number of hydrogen-bond donors (Lipinski definition) is 3. The van der Waals surface area contributed by atoms with Crippen molar-refractivity contribution in [1.82, 2.24) is 0 Å². The third kappa shape index (κ3) is 5.11. The zero-order valence-electron chi connectivity index (χ0n) is 19.7. The van der Waals surface area contributed by atoms with Gasteiger partial charge in [-0.25, -0.2) is 0 Å². The highest BCUT2D eigenvalue weighted by atomic mass is 16.3. The first kappa shape index (κ1) is 23.8. The lowest BCUT2D eigenvalue weighted by molar-refractivity contribution is 0.0299. The van der Waals surface area contributed by atoms with Crippen LogP contribution < -0.4 is 0 Å². The van der Waals surface area contributed by atoms with Crippen molar-refractivity contribution in [3.05, 3.63) is 35.5 Å². The van der Waals surface area contributed by atoms with E-state index in [9.17, 15) is 15.3 Å². The molecular formula is C27H44O3. The molecule has 0 heterocycles. The van der Waals surface area contributed by atoms with Gasteiger partial charge in [-0.1, -0.05) is 51.0 Å². The van der Waals surface area contributed by atoms with Gasteiger partial charge in [-0.3, -0.25) is 0 Å². The van der Waals surface area contributed by atoms with E-state index in [4.69, 9.17) is 0 Å². The Morgan fingerprint density at radius 3 is 2.60 bits per heavy atom. The Labute approximate surface area is 184 Å². The first-order chi connectivity index (χ1) is 14.0. The molecule has 3 N–H and O–H groups in total. The van der Waals surface area contributed by atoms with Gasteiger partial charge in [-0.15, -0.1) is 0 Å². The fraction of sp³-hybridized carbons (Fsp3) is 0.778. The van der Waals surface area contributed by atoms with Gasteiger partial charge in [-0.2, -0.15) is 0 Å². The molecule has 3 rings (SSSR count). The van der Waals surface area contributed by atoms with Gasteiger partial charge in [0.2, 0.25) is 0 Å². The summed E-state index contributed by atoms with van der Waals surface area (Å²) in [5.41, 5.74) is 3.12. The Bertz CT molecular complexity index is 683. The highest BCUT2D eigenvalue weighted by Crippen LogP contribution is 2.60. The lowest BCUT2D eigenvalue weighted by Crippen LogP contribution is -2.36. The molecule has 0 aromatic rings. The largest absolute Gasteiger partial charge is 0.390 e. The van der Waals surface area contributed by atoms with Gasteiger partial charge in [0.1, 0.15) is 6.10 Å². The molecular weight excluding hydrogens is 372 g/mol. The Morgan fingerprint density at radius 1 is 1.17 bits per heavy atom. The molecule has 0 aromatic heterocycles. The van der Waals surface area contributed by atoms with Crippen molar-refractivity contribution in [2.45, 2.75) is 110 Å². The van der Waals surface area contributed by atoms with Gasteiger partial charge in [0, 0.05) is 0 Å². The fourth-order valence-corrected chi connectivity index (χ4v) is 6.73. The molecule has 0 saturated heterocycles. The SMILES string of the molecule is C=C1CC[C@H](O)[C@H](O)/C1=C\C=C1/CCC[C@]2(C)[C@@H]([C@H](C)CCCC(C)(C)O)CC[C@@H]12. The van der Waals surface area contributed by atoms with E-state index in [0.29, 0.717) is 23.7 Å². The number of hydrogen-bond acceptors (Lipinski definition) is 3. The van der Waals surface area contributed by atoms with Crippen LogP contribution in [0.1, 0.15) is 91.9 Å². The Hall–Kier alpha value is -0.900. The first-order valence-corrected chi connectivity index (χ1v) is 12.2. The number of fused-ring (bicyclic) bond motifs is 1. The molecule has 3 saturated carbocycles. The van der Waals surface area contributed by atoms with E-state index in [1.165, 1.54) is 37.7 Å². The predicted molar refractivity (Wildman–Crippen MR) is 124 cm³/mol. The Balaban J connectivity index is 1.72. The molecule has 3 fully saturated rings. The molecule has 6 atom stereocenters. The summed E-state index contributed by atoms with van der Waals surface area (Å²) in [5, 5.41) is 30.5. The zero-order valence-corrected chi connectivity index (χ0v) is 19.7. The van der Waals surface area contributed by atoms with Crippen LogP contribution >= 0.6 is 0 Å². The van der Waals surface area contributed by atoms with Crippen LogP contribution in [0.4, 0.5) is 0 Å². The molecule has 170 valence electrons. The van der Waals surface area contributed by atoms with Gasteiger partial charge in [-0.05, 0) is 99.5 Å². The van der Waals surface area contributed by atoms with Crippen molar-refractivity contribution in [2.24, 2.45) is 23.2 Å². The van der Waals surface area contributed by atoms with E-state index in [1.54, 1.807) is 0 Å². The third-order valence-corrected chi connectivity index (χ3v) is 8.48. The predicted octanol–water partition coefficient (Wildman–Crippen LogP) is 5.70. The minimum absolute atomic E-state index is 0.360. The summed E-state index contributed by atoms with van der Waals surface area (Å²) in [5.74, 6) is 2.07. The van der Waals surface area contributed by atoms with Crippen LogP contribution in [0, 0.1) is 23.2 Å². The van der Waals surface area contributed by atoms with Crippen molar-refractivity contribution in [3.8, 4) is 0 Å². The second kappa shape index (κ2) is 9.30. The molecule has 0 bridgehead atoms. The van der Waals surface area contributed by atoms with Crippen LogP contribution in [0.2, 0.25) is 0 Å². The van der Waals surface area contributed by atoms with Crippen molar-refractivity contribution in [2.75, 3.05) is 0 Å². The van der Waals surface area contributed by atoms with Crippen molar-refractivity contribution < 1.29 is 15.3 Å². The molecule has 0 aromatic carbocycles. The molecule has 3 heteroatoms. The first-order valence-electron chi connectivity index (χ1n) is 12.2. The second-order valence-electron chi connectivity index (χ2n) is 11.3. The number of rotatable bonds is 6. The van der Waals surface area contributed by atoms with E-state index in [0.717, 1.165) is 42.7 Å². The summed E-state index contributed by atoms with van der Waals surface area (Å²) < 4.78 is 0. The second-order valence-corrected chi connectivity index (χ2v) is 11.3. The number of allylic oxidation sites excluding steroid dienone is 3. The van der Waals surface area contributed by atoms with Crippen LogP contribution in [0.5, 0.6) is 0 Å². The van der Waals surface area contributed by atoms with Gasteiger partial charge in [0.05, 0.1) is 11.7 Å². The molecule has 0 unspecified atom stereocenters. The van der Waals surface area contributed by atoms with Crippen LogP contribution in [0.25, 0.3) is 0 Å². The summed E-state index contributed by atoms with van der Waals surface area (Å²) in [6.07, 6.45) is 13.6. The maximum Gasteiger partial charge on any atom is 0.105 e. The molecule has 30 heavy (non-hydrogen) atoms. The lowest BCUT2D eigenvalue weighted by atomic mass is 9.60. The zero-order chi connectivity index (χ0) is 22.1. The van der Waals surface area contributed by atoms with Crippen LogP contribution in [-0.4, -0.2) is 33.1 Å². The van der Waals surface area contributed by atoms with Gasteiger partial charge >= 0.3 is 0 Å². The van der Waals surface area contributed by atoms with Crippen LogP contribution in [-0.2, 0) is 0 Å². The van der Waals surface area contributed by atoms with Gasteiger partial charge in [0.15, 0.2) is 0 Å². The summed E-state index contributed by atoms with van der Waals surface area (Å²) in [6.45, 7) is 12.9. The summed E-state index contributed by atoms with van der Waals surface area (Å²) in [6, 6.07) is 0. The summed E-state index contributed by atoms with van der Waals surface area (Å²) in [4.78, 5) is 0. The molecule has 0 spiro atoms. The lowest BCUT2D eigenvalue weighted by Gasteiger charge is -2.44. The summed E-state index contributed by atoms with van der Waals surface area (Å²) >= 11 is 0.